The van der Waals surface area contributed by atoms with E-state index in [0.29, 0.717) is 40.7 Å². The Morgan fingerprint density at radius 3 is 2.59 bits per heavy atom. The first-order chi connectivity index (χ1) is 27.4. The molecule has 0 radical (unpaired) electrons. The number of hydrogen-bond donors (Lipinski definition) is 10. The number of nitrogen functional groups attached to an aromatic ring is 1. The SMILES string of the molecule is Nc1ncnc2c1c(C#CCNC(=O)CCSSCCNC(=O)CCCC[C@@H]1SC[C@@H]3NC(=O)N[C@@H]31)cn2[C@H]1C[C@H](O)[C@@H](COP(=O)(O)OP(=O)(O)OP(=O)(O)O)O1. The second-order valence-electron chi connectivity index (χ2n) is 12.9. The number of hydrogen-bond acceptors (Lipinski definition) is 17. The Kier molecular flexibility index (Phi) is 16.8. The number of nitrogens with two attached hydrogens (primary N) is 1. The number of carbonyl (C=O) groups is 3. The van der Waals surface area contributed by atoms with Crippen LogP contribution in [0.4, 0.5) is 10.6 Å². The summed E-state index contributed by atoms with van der Waals surface area (Å²) in [5, 5.41) is 22.9. The summed E-state index contributed by atoms with van der Waals surface area (Å²) in [4.78, 5) is 80.8. The van der Waals surface area contributed by atoms with Crippen molar-refractivity contribution in [3.63, 3.8) is 0 Å². The number of aromatic nitrogens is 3. The average Bonchev–Trinajstić information content (AvgIpc) is 3.88. The third-order valence-corrected chi connectivity index (χ3v) is 16.4. The lowest BCUT2D eigenvalue weighted by atomic mass is 10.0. The number of unbranched alkanes of at least 4 members (excludes halogenated alkanes) is 1. The van der Waals surface area contributed by atoms with Crippen LogP contribution in [0.1, 0.15) is 50.3 Å². The maximum absolute atomic E-state index is 12.4. The number of nitrogens with zero attached hydrogens (tertiary/aromatic N) is 3. The summed E-state index contributed by atoms with van der Waals surface area (Å²) in [6, 6.07) is 0.272. The van der Waals surface area contributed by atoms with E-state index in [1.54, 1.807) is 10.8 Å². The van der Waals surface area contributed by atoms with Gasteiger partial charge in [0.2, 0.25) is 11.8 Å². The average molecular weight is 933 g/mol. The fourth-order valence-electron chi connectivity index (χ4n) is 6.15. The summed E-state index contributed by atoms with van der Waals surface area (Å²) in [6.45, 7) is -0.323. The van der Waals surface area contributed by atoms with Gasteiger partial charge in [-0.15, -0.1) is 0 Å². The lowest BCUT2D eigenvalue weighted by Gasteiger charge is -2.19. The van der Waals surface area contributed by atoms with Crippen molar-refractivity contribution < 1.29 is 70.6 Å². The van der Waals surface area contributed by atoms with Gasteiger partial charge in [0, 0.05) is 54.5 Å². The Labute approximate surface area is 343 Å². The summed E-state index contributed by atoms with van der Waals surface area (Å²) in [6.07, 6.45) is 2.49. The maximum atomic E-state index is 12.4. The highest BCUT2D eigenvalue weighted by molar-refractivity contribution is 8.76. The molecular weight excluding hydrogens is 889 g/mol. The highest BCUT2D eigenvalue weighted by atomic mass is 33.1. The van der Waals surface area contributed by atoms with Crippen molar-refractivity contribution in [3.8, 4) is 11.8 Å². The number of ether oxygens (including phenoxy) is 1. The lowest BCUT2D eigenvalue weighted by molar-refractivity contribution is -0.121. The molecule has 3 saturated heterocycles. The zero-order chi connectivity index (χ0) is 42.1. The number of aliphatic hydroxyl groups is 1. The van der Waals surface area contributed by atoms with E-state index in [4.69, 9.17) is 20.3 Å². The number of nitrogens with one attached hydrogen (secondary N) is 4. The van der Waals surface area contributed by atoms with E-state index < -0.39 is 48.5 Å². The molecule has 29 heteroatoms. The summed E-state index contributed by atoms with van der Waals surface area (Å²) in [7, 11) is -13.7. The molecule has 11 N–H and O–H groups in total. The number of fused-ring (bicyclic) bond motifs is 2. The van der Waals surface area contributed by atoms with Crippen LogP contribution in [0.5, 0.6) is 0 Å². The quantitative estimate of drug-likeness (QED) is 0.0275. The van der Waals surface area contributed by atoms with Gasteiger partial charge in [-0.3, -0.25) is 14.1 Å². The number of phosphoric ester groups is 1. The summed E-state index contributed by atoms with van der Waals surface area (Å²) < 4.78 is 53.8. The van der Waals surface area contributed by atoms with Crippen molar-refractivity contribution in [2.75, 3.05) is 42.7 Å². The van der Waals surface area contributed by atoms with Crippen LogP contribution in [0.25, 0.3) is 11.0 Å². The van der Waals surface area contributed by atoms with Gasteiger partial charge < -0.3 is 61.0 Å². The van der Waals surface area contributed by atoms with Crippen LogP contribution in [0.3, 0.4) is 0 Å². The molecule has 0 aromatic carbocycles. The van der Waals surface area contributed by atoms with Crippen LogP contribution in [0, 0.1) is 11.8 Å². The second kappa shape index (κ2) is 20.9. The number of rotatable bonds is 21. The van der Waals surface area contributed by atoms with Crippen molar-refractivity contribution in [1.29, 1.82) is 0 Å². The van der Waals surface area contributed by atoms with E-state index in [0.717, 1.165) is 25.0 Å². The smallest absolute Gasteiger partial charge is 0.390 e. The van der Waals surface area contributed by atoms with E-state index in [9.17, 15) is 43.0 Å². The molecule has 2 unspecified atom stereocenters. The highest BCUT2D eigenvalue weighted by Crippen LogP contribution is 2.66. The van der Waals surface area contributed by atoms with Gasteiger partial charge in [-0.1, -0.05) is 39.8 Å². The Balaban J connectivity index is 0.981. The Bertz CT molecular complexity index is 2020. The molecule has 23 nitrogen and oxygen atoms in total. The molecule has 5 rings (SSSR count). The van der Waals surface area contributed by atoms with Gasteiger partial charge in [-0.2, -0.15) is 20.4 Å². The minimum atomic E-state index is -5.73. The number of aliphatic hydroxyl groups excluding tert-OH is 1. The normalized spacial score (nSPS) is 24.9. The number of anilines is 1. The largest absolute Gasteiger partial charge is 0.490 e. The number of phosphoric acid groups is 3. The van der Waals surface area contributed by atoms with Crippen LogP contribution in [0.15, 0.2) is 12.5 Å². The van der Waals surface area contributed by atoms with Gasteiger partial charge in [0.1, 0.15) is 30.1 Å². The molecule has 2 aromatic heterocycles. The molecule has 322 valence electrons. The second-order valence-corrected chi connectivity index (χ2v) is 21.3. The molecule has 3 fully saturated rings. The molecule has 0 saturated carbocycles. The Morgan fingerprint density at radius 2 is 1.81 bits per heavy atom. The monoisotopic (exact) mass is 932 g/mol. The fourth-order valence-corrected chi connectivity index (χ4v) is 12.6. The molecule has 58 heavy (non-hydrogen) atoms. The molecular formula is C29H43N8O15P3S3. The Hall–Kier alpha value is -2.43. The van der Waals surface area contributed by atoms with Gasteiger partial charge in [0.05, 0.1) is 42.3 Å². The standard InChI is InChI=1S/C29H43N8O15P3S3/c30-27-25-17(13-37(28(25)34-16-33-27)24-12-19(38)20(50-24)14-49-54(45,46)52-55(47,48)51-53(42,43)44)4-3-8-31-23(40)7-10-57-58-11-9-32-22(39)6-2-1-5-21-26-18(15-56-21)35-29(41)36-26/h13,16,18-21,24,26,38H,1-2,5-12,14-15H2,(H,31,40)(H,32,39)(H,45,46)(H,47,48)(H2,30,33,34)(H2,35,36,41)(H2,42,43,44)/t18-,19-,20+,21-,24+,26-/m0/s1. The lowest BCUT2D eigenvalue weighted by Crippen LogP contribution is -2.36. The molecule has 5 heterocycles. The van der Waals surface area contributed by atoms with E-state index >= 15 is 0 Å². The summed E-state index contributed by atoms with van der Waals surface area (Å²) in [5.41, 5.74) is 6.75. The van der Waals surface area contributed by atoms with Gasteiger partial charge in [-0.25, -0.2) is 28.5 Å². The van der Waals surface area contributed by atoms with Crippen molar-refractivity contribution >= 4 is 91.5 Å². The maximum Gasteiger partial charge on any atom is 0.490 e. The van der Waals surface area contributed by atoms with Gasteiger partial charge >= 0.3 is 29.5 Å². The van der Waals surface area contributed by atoms with Gasteiger partial charge in [0.15, 0.2) is 0 Å². The molecule has 3 aliphatic heterocycles. The molecule has 3 aliphatic rings. The van der Waals surface area contributed by atoms with Crippen LogP contribution in [0.2, 0.25) is 0 Å². The number of thioether (sulfide) groups is 1. The van der Waals surface area contributed by atoms with Crippen LogP contribution >= 0.6 is 56.8 Å². The van der Waals surface area contributed by atoms with Crippen molar-refractivity contribution in [2.24, 2.45) is 0 Å². The zero-order valence-electron chi connectivity index (χ0n) is 30.4. The number of amides is 4. The first-order valence-electron chi connectivity index (χ1n) is 17.6. The number of carbonyl (C=O) groups excluding carboxylic acids is 3. The predicted octanol–water partition coefficient (Wildman–Crippen LogP) is 1.09. The summed E-state index contributed by atoms with van der Waals surface area (Å²) >= 11 is 1.86. The molecule has 4 amide bonds. The van der Waals surface area contributed by atoms with E-state index in [2.05, 4.69) is 56.2 Å². The fraction of sp³-hybridized carbons (Fsp3) is 0.621. The molecule has 0 aliphatic carbocycles. The van der Waals surface area contributed by atoms with E-state index in [-0.39, 0.29) is 60.8 Å². The van der Waals surface area contributed by atoms with Crippen molar-refractivity contribution in [1.82, 2.24) is 35.8 Å². The third kappa shape index (κ3) is 14.1. The van der Waals surface area contributed by atoms with Crippen molar-refractivity contribution in [3.05, 3.63) is 18.1 Å². The van der Waals surface area contributed by atoms with E-state index in [1.807, 2.05) is 11.8 Å². The van der Waals surface area contributed by atoms with Gasteiger partial charge in [0.25, 0.3) is 0 Å². The molecule has 0 bridgehead atoms. The zero-order valence-corrected chi connectivity index (χ0v) is 35.5. The highest BCUT2D eigenvalue weighted by Gasteiger charge is 2.44. The first-order valence-corrected chi connectivity index (χ1v) is 25.6. The van der Waals surface area contributed by atoms with E-state index in [1.165, 1.54) is 27.9 Å². The minimum Gasteiger partial charge on any atom is -0.390 e. The summed E-state index contributed by atoms with van der Waals surface area (Å²) in [5.74, 6) is 7.80. The Morgan fingerprint density at radius 1 is 1.05 bits per heavy atom. The van der Waals surface area contributed by atoms with Crippen LogP contribution < -0.4 is 27.0 Å². The molecule has 2 aromatic rings. The van der Waals surface area contributed by atoms with Crippen LogP contribution in [-0.4, -0.2) is 124 Å². The van der Waals surface area contributed by atoms with Crippen molar-refractivity contribution in [2.45, 2.75) is 74.3 Å². The molecule has 0 spiro atoms. The number of urea groups is 1. The first kappa shape index (κ1) is 46.6. The topological polar surface area (TPSA) is 345 Å². The predicted molar refractivity (Wildman–Crippen MR) is 213 cm³/mol. The van der Waals surface area contributed by atoms with Crippen LogP contribution in [-0.2, 0) is 41.2 Å². The molecule has 8 atom stereocenters. The van der Waals surface area contributed by atoms with Gasteiger partial charge in [-0.05, 0) is 12.8 Å². The third-order valence-electron chi connectivity index (χ3n) is 8.65. The minimum absolute atomic E-state index is 0.00611.